The number of nitriles is 1. The molecule has 0 atom stereocenters. The van der Waals surface area contributed by atoms with Gasteiger partial charge >= 0.3 is 5.69 Å². The number of nitrogens with zero attached hydrogens (tertiary/aromatic N) is 6. The van der Waals surface area contributed by atoms with E-state index in [1.54, 1.807) is 39.6 Å². The van der Waals surface area contributed by atoms with Crippen molar-refractivity contribution in [2.24, 2.45) is 0 Å². The lowest BCUT2D eigenvalue weighted by atomic mass is 10.2. The number of pyridine rings is 1. The summed E-state index contributed by atoms with van der Waals surface area (Å²) in [5.41, 5.74) is 2.21. The number of aromatic nitrogens is 3. The van der Waals surface area contributed by atoms with Crippen LogP contribution < -0.4 is 10.6 Å². The molecule has 1 aromatic carbocycles. The summed E-state index contributed by atoms with van der Waals surface area (Å²) in [7, 11) is 0. The van der Waals surface area contributed by atoms with E-state index in [1.807, 2.05) is 25.3 Å². The minimum atomic E-state index is -0.0660. The van der Waals surface area contributed by atoms with Crippen LogP contribution in [0.4, 0.5) is 5.82 Å². The van der Waals surface area contributed by atoms with Gasteiger partial charge in [0, 0.05) is 49.3 Å². The molecule has 1 aliphatic rings. The Labute approximate surface area is 174 Å². The number of anilines is 1. The van der Waals surface area contributed by atoms with E-state index in [0.717, 1.165) is 43.4 Å². The second kappa shape index (κ2) is 8.11. The maximum absolute atomic E-state index is 12.9. The van der Waals surface area contributed by atoms with Gasteiger partial charge in [0.1, 0.15) is 11.9 Å². The van der Waals surface area contributed by atoms with Crippen LogP contribution in [-0.4, -0.2) is 45.2 Å². The molecule has 0 radical (unpaired) electrons. The highest BCUT2D eigenvalue weighted by Gasteiger charge is 2.21. The largest absolute Gasteiger partial charge is 0.353 e. The first kappa shape index (κ1) is 19.2. The molecule has 0 aliphatic carbocycles. The van der Waals surface area contributed by atoms with E-state index >= 15 is 0 Å². The van der Waals surface area contributed by atoms with Gasteiger partial charge in [-0.1, -0.05) is 11.6 Å². The zero-order chi connectivity index (χ0) is 20.4. The summed E-state index contributed by atoms with van der Waals surface area (Å²) < 4.78 is 3.43. The summed E-state index contributed by atoms with van der Waals surface area (Å²) in [5, 5.41) is 9.93. The molecule has 1 fully saturated rings. The van der Waals surface area contributed by atoms with Crippen LogP contribution in [0.2, 0.25) is 5.02 Å². The Morgan fingerprint density at radius 1 is 1.14 bits per heavy atom. The number of piperazine rings is 1. The molecule has 0 unspecified atom stereocenters. The van der Waals surface area contributed by atoms with E-state index in [9.17, 15) is 10.1 Å². The highest BCUT2D eigenvalue weighted by Crippen LogP contribution is 2.18. The van der Waals surface area contributed by atoms with Crippen molar-refractivity contribution in [3.05, 3.63) is 75.6 Å². The maximum atomic E-state index is 12.9. The molecule has 0 amide bonds. The number of halogens is 1. The summed E-state index contributed by atoms with van der Waals surface area (Å²) in [4.78, 5) is 21.7. The first-order chi connectivity index (χ1) is 14.1. The van der Waals surface area contributed by atoms with Crippen molar-refractivity contribution in [2.45, 2.75) is 13.6 Å². The first-order valence-electron chi connectivity index (χ1n) is 9.44. The summed E-state index contributed by atoms with van der Waals surface area (Å²) in [5.74, 6) is 0.733. The molecular weight excluding hydrogens is 388 g/mol. The molecule has 8 heteroatoms. The van der Waals surface area contributed by atoms with E-state index in [4.69, 9.17) is 11.6 Å². The first-order valence-corrected chi connectivity index (χ1v) is 9.82. The fourth-order valence-electron chi connectivity index (χ4n) is 3.68. The zero-order valence-electron chi connectivity index (χ0n) is 16.1. The summed E-state index contributed by atoms with van der Waals surface area (Å²) >= 11 is 5.96. The van der Waals surface area contributed by atoms with Gasteiger partial charge in [-0.05, 0) is 43.3 Å². The van der Waals surface area contributed by atoms with Gasteiger partial charge in [0.05, 0.1) is 17.9 Å². The summed E-state index contributed by atoms with van der Waals surface area (Å²) in [6, 6.07) is 13.0. The zero-order valence-corrected chi connectivity index (χ0v) is 16.9. The number of hydrogen-bond acceptors (Lipinski definition) is 5. The molecule has 0 N–H and O–H groups in total. The number of rotatable bonds is 4. The SMILES string of the molecule is Cc1cn(CN2CCN(c3ncccc3C#N)CC2)c(=O)n1-c1ccc(Cl)cc1. The van der Waals surface area contributed by atoms with Crippen LogP contribution >= 0.6 is 11.6 Å². The Morgan fingerprint density at radius 2 is 1.86 bits per heavy atom. The molecule has 7 nitrogen and oxygen atoms in total. The molecule has 0 saturated carbocycles. The maximum Gasteiger partial charge on any atom is 0.334 e. The number of benzene rings is 1. The smallest absolute Gasteiger partial charge is 0.334 e. The van der Waals surface area contributed by atoms with E-state index in [1.165, 1.54) is 0 Å². The average Bonchev–Trinajstić information content (AvgIpc) is 3.02. The van der Waals surface area contributed by atoms with Crippen molar-refractivity contribution >= 4 is 17.4 Å². The van der Waals surface area contributed by atoms with Crippen molar-refractivity contribution in [3.63, 3.8) is 0 Å². The molecule has 1 saturated heterocycles. The Kier molecular flexibility index (Phi) is 5.38. The minimum Gasteiger partial charge on any atom is -0.353 e. The molecular formula is C21H21ClN6O. The van der Waals surface area contributed by atoms with Gasteiger partial charge in [0.2, 0.25) is 0 Å². The molecule has 2 aromatic heterocycles. The number of imidazole rings is 1. The molecule has 4 rings (SSSR count). The summed E-state index contributed by atoms with van der Waals surface area (Å²) in [6.07, 6.45) is 3.60. The fraction of sp³-hybridized carbons (Fsp3) is 0.286. The Balaban J connectivity index is 1.46. The van der Waals surface area contributed by atoms with Crippen LogP contribution in [0.5, 0.6) is 0 Å². The van der Waals surface area contributed by atoms with Gasteiger partial charge < -0.3 is 4.90 Å². The van der Waals surface area contributed by atoms with E-state index in [2.05, 4.69) is 20.9 Å². The second-order valence-electron chi connectivity index (χ2n) is 7.07. The summed E-state index contributed by atoms with van der Waals surface area (Å²) in [6.45, 7) is 5.56. The van der Waals surface area contributed by atoms with E-state index in [0.29, 0.717) is 17.3 Å². The Morgan fingerprint density at radius 3 is 2.55 bits per heavy atom. The van der Waals surface area contributed by atoms with E-state index < -0.39 is 0 Å². The fourth-order valence-corrected chi connectivity index (χ4v) is 3.80. The van der Waals surface area contributed by atoms with Crippen molar-refractivity contribution in [2.75, 3.05) is 31.1 Å². The monoisotopic (exact) mass is 408 g/mol. The number of hydrogen-bond donors (Lipinski definition) is 0. The van der Waals surface area contributed by atoms with Crippen LogP contribution in [0.15, 0.2) is 53.6 Å². The van der Waals surface area contributed by atoms with Crippen molar-refractivity contribution in [3.8, 4) is 11.8 Å². The normalized spacial score (nSPS) is 14.7. The lowest BCUT2D eigenvalue weighted by Crippen LogP contribution is -2.48. The van der Waals surface area contributed by atoms with Crippen LogP contribution in [0.1, 0.15) is 11.3 Å². The predicted molar refractivity (Wildman–Crippen MR) is 113 cm³/mol. The standard InChI is InChI=1S/C21H21ClN6O/c1-16-14-27(21(29)28(16)19-6-4-18(22)5-7-19)15-25-9-11-26(12-10-25)20-17(13-23)3-2-8-24-20/h2-8,14H,9-12,15H2,1H3. The molecule has 3 heterocycles. The van der Waals surface area contributed by atoms with Crippen molar-refractivity contribution < 1.29 is 0 Å². The molecule has 148 valence electrons. The highest BCUT2D eigenvalue weighted by molar-refractivity contribution is 6.30. The van der Waals surface area contributed by atoms with E-state index in [-0.39, 0.29) is 5.69 Å². The van der Waals surface area contributed by atoms with Gasteiger partial charge in [-0.15, -0.1) is 0 Å². The molecule has 0 spiro atoms. The third-order valence-electron chi connectivity index (χ3n) is 5.15. The van der Waals surface area contributed by atoms with Crippen LogP contribution in [0, 0.1) is 18.3 Å². The molecule has 1 aliphatic heterocycles. The van der Waals surface area contributed by atoms with Crippen LogP contribution in [0.3, 0.4) is 0 Å². The quantitative estimate of drug-likeness (QED) is 0.663. The number of aryl methyl sites for hydroxylation is 1. The Bertz CT molecular complexity index is 1100. The lowest BCUT2D eigenvalue weighted by Gasteiger charge is -2.35. The topological polar surface area (TPSA) is 70.1 Å². The van der Waals surface area contributed by atoms with Gasteiger partial charge in [-0.2, -0.15) is 5.26 Å². The van der Waals surface area contributed by atoms with Crippen LogP contribution in [-0.2, 0) is 6.67 Å². The van der Waals surface area contributed by atoms with Crippen molar-refractivity contribution in [1.82, 2.24) is 19.0 Å². The second-order valence-corrected chi connectivity index (χ2v) is 7.50. The molecule has 29 heavy (non-hydrogen) atoms. The van der Waals surface area contributed by atoms with Gasteiger partial charge in [0.15, 0.2) is 0 Å². The van der Waals surface area contributed by atoms with Crippen molar-refractivity contribution in [1.29, 1.82) is 5.26 Å². The minimum absolute atomic E-state index is 0.0660. The third-order valence-corrected chi connectivity index (χ3v) is 5.40. The predicted octanol–water partition coefficient (Wildman–Crippen LogP) is 2.65. The highest BCUT2D eigenvalue weighted by atomic mass is 35.5. The van der Waals surface area contributed by atoms with Crippen LogP contribution in [0.25, 0.3) is 5.69 Å². The van der Waals surface area contributed by atoms with Gasteiger partial charge in [-0.3, -0.25) is 14.0 Å². The lowest BCUT2D eigenvalue weighted by molar-refractivity contribution is 0.202. The average molecular weight is 409 g/mol. The Hall–Kier alpha value is -3.08. The molecule has 3 aromatic rings. The van der Waals surface area contributed by atoms with Gasteiger partial charge in [-0.25, -0.2) is 9.78 Å². The molecule has 0 bridgehead atoms. The third kappa shape index (κ3) is 3.90. The van der Waals surface area contributed by atoms with Gasteiger partial charge in [0.25, 0.3) is 0 Å².